The van der Waals surface area contributed by atoms with Gasteiger partial charge in [-0.05, 0) is 48.1 Å². The summed E-state index contributed by atoms with van der Waals surface area (Å²) in [5.41, 5.74) is 1.61. The van der Waals surface area contributed by atoms with Gasteiger partial charge >= 0.3 is 0 Å². The highest BCUT2D eigenvalue weighted by Gasteiger charge is 2.14. The van der Waals surface area contributed by atoms with Gasteiger partial charge in [-0.3, -0.25) is 0 Å². The molecule has 0 N–H and O–H groups in total. The van der Waals surface area contributed by atoms with Crippen LogP contribution in [0.2, 0.25) is 10.0 Å². The highest BCUT2D eigenvalue weighted by atomic mass is 79.9. The van der Waals surface area contributed by atoms with Crippen LogP contribution in [0.4, 0.5) is 0 Å². The Hall–Kier alpha value is -1.47. The minimum Gasteiger partial charge on any atom is -0.239 e. The molecule has 24 heavy (non-hydrogen) atoms. The van der Waals surface area contributed by atoms with Crippen LogP contribution < -0.4 is 0 Å². The van der Waals surface area contributed by atoms with Crippen molar-refractivity contribution in [2.75, 3.05) is 0 Å². The molecule has 0 atom stereocenters. The van der Waals surface area contributed by atoms with E-state index in [0.29, 0.717) is 26.2 Å². The minimum atomic E-state index is 0.453. The van der Waals surface area contributed by atoms with Crippen LogP contribution in [0.3, 0.4) is 0 Å². The molecule has 0 aliphatic heterocycles. The van der Waals surface area contributed by atoms with Crippen LogP contribution in [-0.4, -0.2) is 20.7 Å². The molecular weight excluding hydrogens is 431 g/mol. The van der Waals surface area contributed by atoms with Crippen LogP contribution in [0.5, 0.6) is 0 Å². The summed E-state index contributed by atoms with van der Waals surface area (Å²) in [4.78, 5) is 0. The van der Waals surface area contributed by atoms with Crippen molar-refractivity contribution in [2.45, 2.75) is 0 Å². The van der Waals surface area contributed by atoms with E-state index in [1.807, 2.05) is 24.3 Å². The zero-order valence-electron chi connectivity index (χ0n) is 12.4. The Morgan fingerprint density at radius 1 is 1.17 bits per heavy atom. The Labute approximate surface area is 162 Å². The lowest BCUT2D eigenvalue weighted by atomic mass is 10.2. The molecule has 1 aromatic heterocycles. The second kappa shape index (κ2) is 7.19. The Morgan fingerprint density at radius 3 is 2.58 bits per heavy atom. The van der Waals surface area contributed by atoms with Crippen LogP contribution >= 0.6 is 51.3 Å². The largest absolute Gasteiger partial charge is 0.239 e. The van der Waals surface area contributed by atoms with Crippen molar-refractivity contribution in [2.24, 2.45) is 12.1 Å². The number of nitrogens with zero attached hydrogens (tertiary/aromatic N) is 4. The van der Waals surface area contributed by atoms with E-state index in [4.69, 9.17) is 35.4 Å². The molecule has 2 aromatic carbocycles. The molecule has 0 bridgehead atoms. The summed E-state index contributed by atoms with van der Waals surface area (Å²) in [5.74, 6) is 0.531. The fourth-order valence-electron chi connectivity index (χ4n) is 2.07. The van der Waals surface area contributed by atoms with E-state index in [1.54, 1.807) is 40.8 Å². The summed E-state index contributed by atoms with van der Waals surface area (Å²) >= 11 is 21.2. The molecular formula is C16H11BrCl2N4S. The van der Waals surface area contributed by atoms with Crippen LogP contribution in [0, 0.1) is 4.77 Å². The number of hydrogen-bond donors (Lipinski definition) is 0. The topological polar surface area (TPSA) is 35.1 Å². The van der Waals surface area contributed by atoms with Gasteiger partial charge in [0.05, 0.1) is 11.2 Å². The fraction of sp³-hybridized carbons (Fsp3) is 0.0625. The molecule has 3 rings (SSSR count). The second-order valence-corrected chi connectivity index (χ2v) is 7.09. The van der Waals surface area contributed by atoms with Gasteiger partial charge in [-0.25, -0.2) is 4.68 Å². The van der Waals surface area contributed by atoms with Gasteiger partial charge in [0, 0.05) is 22.1 Å². The monoisotopic (exact) mass is 440 g/mol. The molecule has 0 aliphatic carbocycles. The van der Waals surface area contributed by atoms with E-state index in [-0.39, 0.29) is 0 Å². The summed E-state index contributed by atoms with van der Waals surface area (Å²) in [7, 11) is 1.76. The number of benzene rings is 2. The molecule has 0 saturated heterocycles. The molecule has 0 radical (unpaired) electrons. The highest BCUT2D eigenvalue weighted by molar-refractivity contribution is 9.10. The van der Waals surface area contributed by atoms with Gasteiger partial charge in [-0.1, -0.05) is 51.3 Å². The van der Waals surface area contributed by atoms with Crippen LogP contribution in [0.15, 0.2) is 52.0 Å². The molecule has 3 aromatic rings. The van der Waals surface area contributed by atoms with E-state index in [2.05, 4.69) is 26.1 Å². The predicted molar refractivity (Wildman–Crippen MR) is 105 cm³/mol. The predicted octanol–water partition coefficient (Wildman–Crippen LogP) is 5.57. The van der Waals surface area contributed by atoms with Crippen molar-refractivity contribution < 1.29 is 0 Å². The standard InChI is InChI=1S/C16H11BrCl2N4S/c1-22-16(24)23(20-9-10-2-4-11(17)5-3-10)15(21-22)13-8-12(18)6-7-14(13)19/h2-9H,1H3/b20-9+. The summed E-state index contributed by atoms with van der Waals surface area (Å²) in [6, 6.07) is 13.0. The van der Waals surface area contributed by atoms with Gasteiger partial charge in [-0.2, -0.15) is 9.78 Å². The lowest BCUT2D eigenvalue weighted by Crippen LogP contribution is -1.96. The minimum absolute atomic E-state index is 0.453. The lowest BCUT2D eigenvalue weighted by molar-refractivity contribution is 0.738. The van der Waals surface area contributed by atoms with Crippen molar-refractivity contribution in [1.82, 2.24) is 14.5 Å². The number of halogens is 3. The number of aryl methyl sites for hydroxylation is 1. The smallest absolute Gasteiger partial charge is 0.219 e. The Kier molecular flexibility index (Phi) is 5.20. The summed E-state index contributed by atoms with van der Waals surface area (Å²) < 4.78 is 4.59. The first-order valence-corrected chi connectivity index (χ1v) is 8.83. The number of rotatable bonds is 3. The maximum absolute atomic E-state index is 6.29. The van der Waals surface area contributed by atoms with Gasteiger partial charge < -0.3 is 0 Å². The van der Waals surface area contributed by atoms with E-state index in [9.17, 15) is 0 Å². The quantitative estimate of drug-likeness (QED) is 0.393. The van der Waals surface area contributed by atoms with E-state index in [1.165, 1.54) is 0 Å². The highest BCUT2D eigenvalue weighted by Crippen LogP contribution is 2.29. The van der Waals surface area contributed by atoms with Gasteiger partial charge in [0.1, 0.15) is 0 Å². The van der Waals surface area contributed by atoms with Gasteiger partial charge in [0.2, 0.25) is 4.77 Å². The third-order valence-corrected chi connectivity index (χ3v) is 4.80. The summed E-state index contributed by atoms with van der Waals surface area (Å²) in [6.45, 7) is 0. The maximum atomic E-state index is 6.29. The molecule has 4 nitrogen and oxygen atoms in total. The Bertz CT molecular complexity index is 977. The van der Waals surface area contributed by atoms with Crippen molar-refractivity contribution >= 4 is 57.6 Å². The van der Waals surface area contributed by atoms with Gasteiger partial charge in [0.15, 0.2) is 5.82 Å². The molecule has 0 aliphatic rings. The Morgan fingerprint density at radius 2 is 1.88 bits per heavy atom. The molecule has 0 saturated carbocycles. The number of aromatic nitrogens is 3. The van der Waals surface area contributed by atoms with E-state index >= 15 is 0 Å². The fourth-order valence-corrected chi connectivity index (χ4v) is 2.88. The average molecular weight is 442 g/mol. The zero-order valence-corrected chi connectivity index (χ0v) is 16.4. The Balaban J connectivity index is 2.10. The van der Waals surface area contributed by atoms with Gasteiger partial charge in [-0.15, -0.1) is 5.10 Å². The first-order valence-electron chi connectivity index (χ1n) is 6.87. The third kappa shape index (κ3) is 3.62. The first kappa shape index (κ1) is 17.4. The van der Waals surface area contributed by atoms with Crippen molar-refractivity contribution in [1.29, 1.82) is 0 Å². The zero-order chi connectivity index (χ0) is 17.3. The van der Waals surface area contributed by atoms with Crippen LogP contribution in [0.25, 0.3) is 11.4 Å². The van der Waals surface area contributed by atoms with Gasteiger partial charge in [0.25, 0.3) is 0 Å². The first-order chi connectivity index (χ1) is 11.5. The van der Waals surface area contributed by atoms with Crippen LogP contribution in [-0.2, 0) is 7.05 Å². The molecule has 0 amide bonds. The third-order valence-electron chi connectivity index (χ3n) is 3.26. The molecule has 122 valence electrons. The van der Waals surface area contributed by atoms with Crippen molar-refractivity contribution in [3.05, 3.63) is 67.3 Å². The van der Waals surface area contributed by atoms with Crippen molar-refractivity contribution in [3.8, 4) is 11.4 Å². The van der Waals surface area contributed by atoms with E-state index in [0.717, 1.165) is 10.0 Å². The lowest BCUT2D eigenvalue weighted by Gasteiger charge is -2.04. The second-order valence-electron chi connectivity index (χ2n) is 4.96. The molecule has 0 fully saturated rings. The maximum Gasteiger partial charge on any atom is 0.219 e. The molecule has 0 unspecified atom stereocenters. The SMILES string of the molecule is Cn1nc(-c2cc(Cl)ccc2Cl)n(/N=C/c2ccc(Br)cc2)c1=S. The summed E-state index contributed by atoms with van der Waals surface area (Å²) in [6.07, 6.45) is 1.71. The summed E-state index contributed by atoms with van der Waals surface area (Å²) in [5, 5.41) is 9.97. The molecule has 0 spiro atoms. The average Bonchev–Trinajstić information content (AvgIpc) is 2.84. The van der Waals surface area contributed by atoms with Crippen molar-refractivity contribution in [3.63, 3.8) is 0 Å². The van der Waals surface area contributed by atoms with E-state index < -0.39 is 0 Å². The normalized spacial score (nSPS) is 11.3. The molecule has 8 heteroatoms. The van der Waals surface area contributed by atoms with Crippen LogP contribution in [0.1, 0.15) is 5.56 Å². The number of hydrogen-bond acceptors (Lipinski definition) is 3. The molecule has 1 heterocycles.